The first-order valence-electron chi connectivity index (χ1n) is 5.36. The van der Waals surface area contributed by atoms with E-state index < -0.39 is 11.7 Å². The molecule has 0 aliphatic rings. The van der Waals surface area contributed by atoms with Gasteiger partial charge in [0.25, 0.3) is 5.91 Å². The highest BCUT2D eigenvalue weighted by atomic mass is 79.9. The van der Waals surface area contributed by atoms with Crippen LogP contribution in [0.4, 0.5) is 10.1 Å². The number of benzene rings is 1. The van der Waals surface area contributed by atoms with Crippen LogP contribution in [0.25, 0.3) is 0 Å². The molecule has 1 amide bonds. The van der Waals surface area contributed by atoms with Crippen LogP contribution in [0.5, 0.6) is 0 Å². The van der Waals surface area contributed by atoms with E-state index in [0.29, 0.717) is 5.69 Å². The molecule has 0 saturated heterocycles. The zero-order valence-electron chi connectivity index (χ0n) is 9.88. The van der Waals surface area contributed by atoms with Crippen LogP contribution in [0.3, 0.4) is 0 Å². The predicted octanol–water partition coefficient (Wildman–Crippen LogP) is 4.20. The smallest absolute Gasteiger partial charge is 0.256 e. The van der Waals surface area contributed by atoms with Gasteiger partial charge in [0.15, 0.2) is 5.15 Å². The van der Waals surface area contributed by atoms with Gasteiger partial charge in [-0.1, -0.05) is 17.7 Å². The number of halogens is 3. The van der Waals surface area contributed by atoms with Crippen molar-refractivity contribution < 1.29 is 9.18 Å². The van der Waals surface area contributed by atoms with E-state index in [4.69, 9.17) is 11.6 Å². The van der Waals surface area contributed by atoms with Crippen molar-refractivity contribution in [2.45, 2.75) is 6.92 Å². The van der Waals surface area contributed by atoms with E-state index in [1.807, 2.05) is 6.92 Å². The average molecular weight is 344 g/mol. The Morgan fingerprint density at radius 1 is 1.47 bits per heavy atom. The molecule has 0 spiro atoms. The number of anilines is 1. The van der Waals surface area contributed by atoms with Crippen LogP contribution in [0.15, 0.2) is 34.9 Å². The maximum Gasteiger partial charge on any atom is 0.256 e. The quantitative estimate of drug-likeness (QED) is 0.831. The minimum atomic E-state index is -0.499. The summed E-state index contributed by atoms with van der Waals surface area (Å²) in [6.07, 6.45) is 1.59. The van der Waals surface area contributed by atoms with Gasteiger partial charge < -0.3 is 5.32 Å². The number of aromatic nitrogens is 1. The molecule has 0 unspecified atom stereocenters. The Hall–Kier alpha value is -1.46. The van der Waals surface area contributed by atoms with Crippen molar-refractivity contribution in [3.8, 4) is 0 Å². The van der Waals surface area contributed by atoms with Gasteiger partial charge >= 0.3 is 0 Å². The van der Waals surface area contributed by atoms with Crippen LogP contribution in [0, 0.1) is 12.7 Å². The van der Waals surface area contributed by atoms with E-state index in [1.54, 1.807) is 12.3 Å². The van der Waals surface area contributed by atoms with Crippen molar-refractivity contribution in [3.05, 3.63) is 57.0 Å². The predicted molar refractivity (Wildman–Crippen MR) is 76.0 cm³/mol. The zero-order valence-corrected chi connectivity index (χ0v) is 12.2. The fourth-order valence-electron chi connectivity index (χ4n) is 1.51. The summed E-state index contributed by atoms with van der Waals surface area (Å²) >= 11 is 8.93. The average Bonchev–Trinajstić information content (AvgIpc) is 2.37. The molecule has 1 heterocycles. The third-order valence-electron chi connectivity index (χ3n) is 2.42. The van der Waals surface area contributed by atoms with Crippen molar-refractivity contribution in [2.24, 2.45) is 0 Å². The molecule has 2 rings (SSSR count). The number of carbonyl (C=O) groups excluding carboxylic acids is 1. The van der Waals surface area contributed by atoms with Gasteiger partial charge in [-0.25, -0.2) is 9.37 Å². The number of carbonyl (C=O) groups is 1. The molecule has 2 aromatic rings. The summed E-state index contributed by atoms with van der Waals surface area (Å²) in [5.41, 5.74) is 1.44. The first-order valence-corrected chi connectivity index (χ1v) is 6.53. The van der Waals surface area contributed by atoms with Gasteiger partial charge in [-0.3, -0.25) is 4.79 Å². The second kappa shape index (κ2) is 5.67. The first kappa shape index (κ1) is 14.0. The van der Waals surface area contributed by atoms with Gasteiger partial charge in [0.05, 0.1) is 15.7 Å². The molecular weight excluding hydrogens is 335 g/mol. The minimum absolute atomic E-state index is 0.115. The highest BCUT2D eigenvalue weighted by molar-refractivity contribution is 9.10. The molecule has 98 valence electrons. The van der Waals surface area contributed by atoms with E-state index in [0.717, 1.165) is 5.56 Å². The molecule has 0 aliphatic carbocycles. The lowest BCUT2D eigenvalue weighted by Gasteiger charge is -2.09. The lowest BCUT2D eigenvalue weighted by atomic mass is 10.2. The Labute approximate surface area is 122 Å². The van der Waals surface area contributed by atoms with E-state index in [2.05, 4.69) is 26.2 Å². The zero-order chi connectivity index (χ0) is 14.0. The Kier molecular flexibility index (Phi) is 4.17. The largest absolute Gasteiger partial charge is 0.319 e. The third-order valence-corrected chi connectivity index (χ3v) is 3.53. The summed E-state index contributed by atoms with van der Waals surface area (Å²) in [7, 11) is 0. The number of rotatable bonds is 2. The molecule has 0 aliphatic heterocycles. The molecular formula is C13H9BrClFN2O. The van der Waals surface area contributed by atoms with Crippen LogP contribution in [-0.4, -0.2) is 10.9 Å². The van der Waals surface area contributed by atoms with Gasteiger partial charge in [-0.2, -0.15) is 0 Å². The lowest BCUT2D eigenvalue weighted by molar-refractivity contribution is 0.102. The van der Waals surface area contributed by atoms with E-state index in [9.17, 15) is 9.18 Å². The van der Waals surface area contributed by atoms with Crippen LogP contribution in [0.2, 0.25) is 5.15 Å². The Morgan fingerprint density at radius 2 is 2.21 bits per heavy atom. The second-order valence-corrected chi connectivity index (χ2v) is 5.06. The third kappa shape index (κ3) is 3.11. The number of hydrogen-bond acceptors (Lipinski definition) is 2. The molecule has 6 heteroatoms. The summed E-state index contributed by atoms with van der Waals surface area (Å²) in [6.45, 7) is 1.83. The SMILES string of the molecule is Cc1cnc(Cl)c(NC(=O)c2cccc(F)c2Br)c1. The Balaban J connectivity index is 2.31. The highest BCUT2D eigenvalue weighted by Gasteiger charge is 2.14. The molecule has 0 saturated carbocycles. The normalized spacial score (nSPS) is 10.3. The highest BCUT2D eigenvalue weighted by Crippen LogP contribution is 2.24. The van der Waals surface area contributed by atoms with Gasteiger partial charge in [0.1, 0.15) is 5.82 Å². The van der Waals surface area contributed by atoms with Gasteiger partial charge in [0, 0.05) is 6.20 Å². The molecule has 0 fully saturated rings. The number of amides is 1. The van der Waals surface area contributed by atoms with Crippen molar-refractivity contribution in [1.82, 2.24) is 4.98 Å². The Morgan fingerprint density at radius 3 is 2.95 bits per heavy atom. The molecule has 1 aromatic heterocycles. The van der Waals surface area contributed by atoms with E-state index in [-0.39, 0.29) is 15.2 Å². The van der Waals surface area contributed by atoms with Crippen molar-refractivity contribution in [2.75, 3.05) is 5.32 Å². The van der Waals surface area contributed by atoms with Crippen molar-refractivity contribution in [1.29, 1.82) is 0 Å². The lowest BCUT2D eigenvalue weighted by Crippen LogP contribution is -2.13. The second-order valence-electron chi connectivity index (χ2n) is 3.91. The maximum atomic E-state index is 13.4. The molecule has 0 radical (unpaired) electrons. The van der Waals surface area contributed by atoms with Crippen LogP contribution in [0.1, 0.15) is 15.9 Å². The monoisotopic (exact) mass is 342 g/mol. The summed E-state index contributed by atoms with van der Waals surface area (Å²) in [6, 6.07) is 5.94. The molecule has 1 N–H and O–H groups in total. The van der Waals surface area contributed by atoms with Crippen LogP contribution in [-0.2, 0) is 0 Å². The fraction of sp³-hybridized carbons (Fsp3) is 0.0769. The van der Waals surface area contributed by atoms with Gasteiger partial charge in [0.2, 0.25) is 0 Å². The molecule has 1 aromatic carbocycles. The molecule has 0 atom stereocenters. The number of nitrogens with zero attached hydrogens (tertiary/aromatic N) is 1. The van der Waals surface area contributed by atoms with Crippen molar-refractivity contribution >= 4 is 39.1 Å². The molecule has 19 heavy (non-hydrogen) atoms. The van der Waals surface area contributed by atoms with E-state index >= 15 is 0 Å². The fourth-order valence-corrected chi connectivity index (χ4v) is 2.10. The number of pyridine rings is 1. The number of nitrogens with one attached hydrogen (secondary N) is 1. The number of aryl methyl sites for hydroxylation is 1. The first-order chi connectivity index (χ1) is 8.99. The van der Waals surface area contributed by atoms with E-state index in [1.165, 1.54) is 18.2 Å². The standard InChI is InChI=1S/C13H9BrClFN2O/c1-7-5-10(12(15)17-6-7)18-13(19)8-3-2-4-9(16)11(8)14/h2-6H,1H3,(H,18,19). The summed E-state index contributed by atoms with van der Waals surface area (Å²) in [4.78, 5) is 16.0. The summed E-state index contributed by atoms with van der Waals surface area (Å²) in [5, 5.41) is 2.79. The minimum Gasteiger partial charge on any atom is -0.319 e. The Bertz CT molecular complexity index is 649. The number of hydrogen-bond donors (Lipinski definition) is 1. The molecule has 0 bridgehead atoms. The topological polar surface area (TPSA) is 42.0 Å². The van der Waals surface area contributed by atoms with Gasteiger partial charge in [-0.15, -0.1) is 0 Å². The molecule has 3 nitrogen and oxygen atoms in total. The summed E-state index contributed by atoms with van der Waals surface area (Å²) in [5.74, 6) is -0.957. The van der Waals surface area contributed by atoms with Gasteiger partial charge in [-0.05, 0) is 46.6 Å². The van der Waals surface area contributed by atoms with Crippen molar-refractivity contribution in [3.63, 3.8) is 0 Å². The van der Waals surface area contributed by atoms with Crippen LogP contribution < -0.4 is 5.32 Å². The maximum absolute atomic E-state index is 13.4. The van der Waals surface area contributed by atoms with Crippen LogP contribution >= 0.6 is 27.5 Å². The summed E-state index contributed by atoms with van der Waals surface area (Å²) < 4.78 is 13.5.